The van der Waals surface area contributed by atoms with E-state index >= 15 is 0 Å². The largest absolute Gasteiger partial charge is 0.354 e. The summed E-state index contributed by atoms with van der Waals surface area (Å²) in [5, 5.41) is 3.27. The number of rotatable bonds is 4. The molecule has 0 radical (unpaired) electrons. The lowest BCUT2D eigenvalue weighted by molar-refractivity contribution is 0.526. The molecule has 0 bridgehead atoms. The van der Waals surface area contributed by atoms with Gasteiger partial charge in [-0.25, -0.2) is 9.37 Å². The van der Waals surface area contributed by atoms with Crippen molar-refractivity contribution >= 4 is 5.82 Å². The summed E-state index contributed by atoms with van der Waals surface area (Å²) in [5.41, 5.74) is 0.714. The predicted molar refractivity (Wildman–Crippen MR) is 81.5 cm³/mol. The molecule has 112 valence electrons. The fourth-order valence-electron chi connectivity index (χ4n) is 2.60. The normalized spacial score (nSPS) is 17.1. The number of hydrogen-bond donors (Lipinski definition) is 1. The Morgan fingerprint density at radius 3 is 2.50 bits per heavy atom. The van der Waals surface area contributed by atoms with E-state index in [2.05, 4.69) is 29.0 Å². The van der Waals surface area contributed by atoms with E-state index in [1.54, 1.807) is 12.3 Å². The number of nitrogens with one attached hydrogen (secondary N) is 1. The van der Waals surface area contributed by atoms with Gasteiger partial charge in [0.2, 0.25) is 0 Å². The summed E-state index contributed by atoms with van der Waals surface area (Å²) >= 11 is 0. The van der Waals surface area contributed by atoms with Gasteiger partial charge < -0.3 is 10.2 Å². The molecule has 0 atom stereocenters. The summed E-state index contributed by atoms with van der Waals surface area (Å²) in [6.45, 7) is 6.54. The van der Waals surface area contributed by atoms with E-state index < -0.39 is 0 Å². The third kappa shape index (κ3) is 4.17. The van der Waals surface area contributed by atoms with Gasteiger partial charge in [0, 0.05) is 37.4 Å². The second kappa shape index (κ2) is 7.58. The third-order valence-electron chi connectivity index (χ3n) is 3.81. The van der Waals surface area contributed by atoms with Gasteiger partial charge in [0.25, 0.3) is 0 Å². The molecule has 1 aliphatic heterocycles. The van der Waals surface area contributed by atoms with Crippen molar-refractivity contribution in [3.8, 4) is 0 Å². The van der Waals surface area contributed by atoms with Gasteiger partial charge in [0.15, 0.2) is 11.6 Å². The summed E-state index contributed by atoms with van der Waals surface area (Å²) < 4.78 is 14.6. The van der Waals surface area contributed by atoms with Crippen LogP contribution in [-0.2, 0) is 6.54 Å². The molecule has 0 aromatic carbocycles. The van der Waals surface area contributed by atoms with Crippen molar-refractivity contribution < 1.29 is 4.39 Å². The maximum Gasteiger partial charge on any atom is 0.170 e. The van der Waals surface area contributed by atoms with Crippen LogP contribution in [0.5, 0.6) is 0 Å². The molecule has 2 heterocycles. The maximum atomic E-state index is 14.6. The molecule has 0 saturated carbocycles. The van der Waals surface area contributed by atoms with Gasteiger partial charge in [-0.05, 0) is 18.9 Å². The second-order valence-electron chi connectivity index (χ2n) is 5.90. The Labute approximate surface area is 121 Å². The quantitative estimate of drug-likeness (QED) is 0.914. The topological polar surface area (TPSA) is 28.2 Å². The van der Waals surface area contributed by atoms with Crippen molar-refractivity contribution in [1.29, 1.82) is 0 Å². The fourth-order valence-corrected chi connectivity index (χ4v) is 2.60. The SMILES string of the molecule is CC(C)NCc1ccnc(N2CCCCCCC2)c1F. The van der Waals surface area contributed by atoms with Crippen LogP contribution in [0, 0.1) is 5.82 Å². The van der Waals surface area contributed by atoms with Crippen LogP contribution >= 0.6 is 0 Å². The van der Waals surface area contributed by atoms with Crippen molar-refractivity contribution in [2.45, 2.75) is 58.5 Å². The molecular formula is C16H26FN3. The van der Waals surface area contributed by atoms with Gasteiger partial charge >= 0.3 is 0 Å². The summed E-state index contributed by atoms with van der Waals surface area (Å²) in [6.07, 6.45) is 7.79. The molecule has 1 aromatic heterocycles. The summed E-state index contributed by atoms with van der Waals surface area (Å²) in [7, 11) is 0. The zero-order valence-electron chi connectivity index (χ0n) is 12.7. The standard InChI is InChI=1S/C16H26FN3/c1-13(2)19-12-14-8-9-18-16(15(14)17)20-10-6-4-3-5-7-11-20/h8-9,13,19H,3-7,10-12H2,1-2H3. The first-order valence-electron chi connectivity index (χ1n) is 7.80. The summed E-state index contributed by atoms with van der Waals surface area (Å²) in [6, 6.07) is 2.13. The van der Waals surface area contributed by atoms with Gasteiger partial charge in [-0.3, -0.25) is 0 Å². The van der Waals surface area contributed by atoms with Crippen LogP contribution in [0.2, 0.25) is 0 Å². The van der Waals surface area contributed by atoms with Crippen molar-refractivity contribution in [3.05, 3.63) is 23.6 Å². The van der Waals surface area contributed by atoms with Gasteiger partial charge in [-0.15, -0.1) is 0 Å². The van der Waals surface area contributed by atoms with Gasteiger partial charge in [-0.2, -0.15) is 0 Å². The Hall–Kier alpha value is -1.16. The van der Waals surface area contributed by atoms with E-state index in [-0.39, 0.29) is 5.82 Å². The lowest BCUT2D eigenvalue weighted by atomic mass is 10.1. The highest BCUT2D eigenvalue weighted by atomic mass is 19.1. The lowest BCUT2D eigenvalue weighted by Crippen LogP contribution is -2.29. The van der Waals surface area contributed by atoms with E-state index in [4.69, 9.17) is 0 Å². The predicted octanol–water partition coefficient (Wildman–Crippen LogP) is 3.49. The molecule has 20 heavy (non-hydrogen) atoms. The molecular weight excluding hydrogens is 253 g/mol. The van der Waals surface area contributed by atoms with Crippen molar-refractivity contribution in [2.24, 2.45) is 0 Å². The molecule has 2 rings (SSSR count). The highest BCUT2D eigenvalue weighted by Crippen LogP contribution is 2.22. The summed E-state index contributed by atoms with van der Waals surface area (Å²) in [4.78, 5) is 6.40. The van der Waals surface area contributed by atoms with Crippen molar-refractivity contribution in [1.82, 2.24) is 10.3 Å². The Kier molecular flexibility index (Phi) is 5.77. The van der Waals surface area contributed by atoms with Crippen LogP contribution in [0.15, 0.2) is 12.3 Å². The molecule has 0 spiro atoms. The van der Waals surface area contributed by atoms with E-state index in [9.17, 15) is 4.39 Å². The van der Waals surface area contributed by atoms with Crippen LogP contribution in [0.1, 0.15) is 51.5 Å². The van der Waals surface area contributed by atoms with E-state index in [1.807, 2.05) is 0 Å². The molecule has 1 saturated heterocycles. The lowest BCUT2D eigenvalue weighted by Gasteiger charge is -2.26. The van der Waals surface area contributed by atoms with Crippen molar-refractivity contribution in [3.63, 3.8) is 0 Å². The molecule has 1 N–H and O–H groups in total. The first-order valence-corrected chi connectivity index (χ1v) is 7.80. The zero-order chi connectivity index (χ0) is 14.4. The Morgan fingerprint density at radius 2 is 1.85 bits per heavy atom. The number of halogens is 1. The van der Waals surface area contributed by atoms with Gasteiger partial charge in [-0.1, -0.05) is 33.1 Å². The zero-order valence-corrected chi connectivity index (χ0v) is 12.7. The van der Waals surface area contributed by atoms with Gasteiger partial charge in [0.1, 0.15) is 0 Å². The minimum atomic E-state index is -0.152. The monoisotopic (exact) mass is 279 g/mol. The molecule has 0 unspecified atom stereocenters. The van der Waals surface area contributed by atoms with Crippen LogP contribution < -0.4 is 10.2 Å². The van der Waals surface area contributed by atoms with Crippen molar-refractivity contribution in [2.75, 3.05) is 18.0 Å². The minimum absolute atomic E-state index is 0.152. The Balaban J connectivity index is 2.11. The number of nitrogens with zero attached hydrogens (tertiary/aromatic N) is 2. The number of aromatic nitrogens is 1. The van der Waals surface area contributed by atoms with Gasteiger partial charge in [0.05, 0.1) is 0 Å². The second-order valence-corrected chi connectivity index (χ2v) is 5.90. The molecule has 0 aliphatic carbocycles. The first kappa shape index (κ1) is 15.2. The van der Waals surface area contributed by atoms with Crippen LogP contribution in [0.25, 0.3) is 0 Å². The van der Waals surface area contributed by atoms with Crippen LogP contribution in [0.3, 0.4) is 0 Å². The minimum Gasteiger partial charge on any atom is -0.354 e. The highest BCUT2D eigenvalue weighted by Gasteiger charge is 2.17. The van der Waals surface area contributed by atoms with Crippen LogP contribution in [-0.4, -0.2) is 24.1 Å². The summed E-state index contributed by atoms with van der Waals surface area (Å²) in [5.74, 6) is 0.385. The molecule has 3 nitrogen and oxygen atoms in total. The van der Waals surface area contributed by atoms with E-state index in [0.717, 1.165) is 25.9 Å². The third-order valence-corrected chi connectivity index (χ3v) is 3.81. The average molecular weight is 279 g/mol. The average Bonchev–Trinajstić information content (AvgIpc) is 2.38. The van der Waals surface area contributed by atoms with E-state index in [1.165, 1.54) is 19.3 Å². The molecule has 1 aliphatic rings. The smallest absolute Gasteiger partial charge is 0.170 e. The molecule has 1 fully saturated rings. The fraction of sp³-hybridized carbons (Fsp3) is 0.688. The number of pyridine rings is 1. The number of anilines is 1. The highest BCUT2D eigenvalue weighted by molar-refractivity contribution is 5.43. The first-order chi connectivity index (χ1) is 9.68. The Bertz CT molecular complexity index is 412. The van der Waals surface area contributed by atoms with Crippen LogP contribution in [0.4, 0.5) is 10.2 Å². The molecule has 1 aromatic rings. The Morgan fingerprint density at radius 1 is 1.20 bits per heavy atom. The molecule has 4 heteroatoms. The number of hydrogen-bond acceptors (Lipinski definition) is 3. The van der Waals surface area contributed by atoms with E-state index in [0.29, 0.717) is 24.0 Å². The maximum absolute atomic E-state index is 14.6. The molecule has 0 amide bonds.